The second-order valence-electron chi connectivity index (χ2n) is 8.98. The summed E-state index contributed by atoms with van der Waals surface area (Å²) in [5, 5.41) is 3.55. The Bertz CT molecular complexity index is 1620. The quantitative estimate of drug-likeness (QED) is 0.312. The van der Waals surface area contributed by atoms with Crippen LogP contribution in [0.3, 0.4) is 0 Å². The zero-order chi connectivity index (χ0) is 25.6. The number of anilines is 1. The second kappa shape index (κ2) is 9.24. The molecule has 1 saturated heterocycles. The third-order valence-corrected chi connectivity index (χ3v) is 7.34. The molecule has 0 radical (unpaired) electrons. The van der Waals surface area contributed by atoms with Gasteiger partial charge in [0.2, 0.25) is 0 Å². The molecule has 0 spiro atoms. The van der Waals surface area contributed by atoms with Gasteiger partial charge in [-0.05, 0) is 61.8 Å². The standard InChI is InChI=1S/C26H21F3N6OS/c27-26(28,29)17-7-8-22-31-21(15-35(22)14-17)23(36)32-19-6-2-1-5-18(19)24-33-20-11-16(12-30-25(20)37-24)13-34-9-3-4-10-34/h1-2,5-8,11-12,14-15H,3-4,9-10,13H2,(H,32,36). The number of carbonyl (C=O) groups excluding carboxylic acids is 1. The van der Waals surface area contributed by atoms with Gasteiger partial charge in [0.05, 0.1) is 11.3 Å². The molecule has 7 nitrogen and oxygen atoms in total. The predicted molar refractivity (Wildman–Crippen MR) is 136 cm³/mol. The fourth-order valence-electron chi connectivity index (χ4n) is 4.50. The number of rotatable bonds is 5. The lowest BCUT2D eigenvalue weighted by Gasteiger charge is -2.13. The predicted octanol–water partition coefficient (Wildman–Crippen LogP) is 5.87. The van der Waals surface area contributed by atoms with Crippen molar-refractivity contribution in [3.63, 3.8) is 0 Å². The highest BCUT2D eigenvalue weighted by Gasteiger charge is 2.31. The van der Waals surface area contributed by atoms with E-state index in [4.69, 9.17) is 4.98 Å². The maximum atomic E-state index is 13.0. The molecule has 1 aliphatic rings. The van der Waals surface area contributed by atoms with Gasteiger partial charge in [-0.25, -0.2) is 15.0 Å². The molecular formula is C26H21F3N6OS. The van der Waals surface area contributed by atoms with Gasteiger partial charge in [-0.3, -0.25) is 9.69 Å². The number of hydrogen-bond acceptors (Lipinski definition) is 6. The molecule has 0 unspecified atom stereocenters. The zero-order valence-corrected chi connectivity index (χ0v) is 20.3. The molecule has 5 heterocycles. The molecule has 0 atom stereocenters. The molecule has 188 valence electrons. The largest absolute Gasteiger partial charge is 0.417 e. The molecule has 1 N–H and O–H groups in total. The van der Waals surface area contributed by atoms with Gasteiger partial charge in [-0.2, -0.15) is 13.2 Å². The molecule has 0 saturated carbocycles. The highest BCUT2D eigenvalue weighted by molar-refractivity contribution is 7.21. The zero-order valence-electron chi connectivity index (χ0n) is 19.5. The molecule has 4 aromatic heterocycles. The molecule has 0 aliphatic carbocycles. The Morgan fingerprint density at radius 3 is 2.68 bits per heavy atom. The van der Waals surface area contributed by atoms with Gasteiger partial charge in [0.1, 0.15) is 26.7 Å². The summed E-state index contributed by atoms with van der Waals surface area (Å²) in [7, 11) is 0. The fraction of sp³-hybridized carbons (Fsp3) is 0.231. The Labute approximate surface area is 213 Å². The van der Waals surface area contributed by atoms with Crippen LogP contribution in [-0.4, -0.2) is 43.2 Å². The fourth-order valence-corrected chi connectivity index (χ4v) is 5.43. The summed E-state index contributed by atoms with van der Waals surface area (Å²) in [5.41, 5.74) is 2.61. The lowest BCUT2D eigenvalue weighted by atomic mass is 10.2. The van der Waals surface area contributed by atoms with Gasteiger partial charge in [0.15, 0.2) is 0 Å². The van der Waals surface area contributed by atoms with Crippen LogP contribution in [0.4, 0.5) is 18.9 Å². The van der Waals surface area contributed by atoms with E-state index in [2.05, 4.69) is 26.3 Å². The molecule has 11 heteroatoms. The number of fused-ring (bicyclic) bond motifs is 2. The van der Waals surface area contributed by atoms with E-state index in [0.29, 0.717) is 10.7 Å². The molecule has 5 aromatic rings. The van der Waals surface area contributed by atoms with E-state index in [1.165, 1.54) is 40.8 Å². The van der Waals surface area contributed by atoms with Crippen molar-refractivity contribution in [2.75, 3.05) is 18.4 Å². The minimum absolute atomic E-state index is 0.00616. The number of aromatic nitrogens is 4. The van der Waals surface area contributed by atoms with Crippen molar-refractivity contribution < 1.29 is 18.0 Å². The van der Waals surface area contributed by atoms with E-state index in [0.717, 1.165) is 53.4 Å². The molecule has 1 aliphatic heterocycles. The Hall–Kier alpha value is -3.83. The van der Waals surface area contributed by atoms with Crippen molar-refractivity contribution >= 4 is 38.9 Å². The summed E-state index contributed by atoms with van der Waals surface area (Å²) in [5.74, 6) is -0.531. The Balaban J connectivity index is 1.26. The first-order valence-corrected chi connectivity index (χ1v) is 12.6. The van der Waals surface area contributed by atoms with Crippen LogP contribution in [0.2, 0.25) is 0 Å². The number of nitrogens with one attached hydrogen (secondary N) is 1. The lowest BCUT2D eigenvalue weighted by molar-refractivity contribution is -0.137. The number of benzene rings is 1. The number of imidazole rings is 1. The van der Waals surface area contributed by atoms with Crippen molar-refractivity contribution in [3.8, 4) is 10.6 Å². The Morgan fingerprint density at radius 2 is 1.86 bits per heavy atom. The maximum absolute atomic E-state index is 13.0. The monoisotopic (exact) mass is 522 g/mol. The Morgan fingerprint density at radius 1 is 1.05 bits per heavy atom. The van der Waals surface area contributed by atoms with Gasteiger partial charge in [-0.15, -0.1) is 0 Å². The van der Waals surface area contributed by atoms with E-state index >= 15 is 0 Å². The molecule has 0 bridgehead atoms. The normalized spacial score (nSPS) is 14.6. The van der Waals surface area contributed by atoms with Crippen LogP contribution in [0.1, 0.15) is 34.5 Å². The van der Waals surface area contributed by atoms with Crippen molar-refractivity contribution in [2.45, 2.75) is 25.6 Å². The first-order valence-electron chi connectivity index (χ1n) is 11.8. The van der Waals surface area contributed by atoms with E-state index in [9.17, 15) is 18.0 Å². The van der Waals surface area contributed by atoms with Crippen LogP contribution in [0.25, 0.3) is 26.6 Å². The number of likely N-dealkylation sites (tertiary alicyclic amines) is 1. The van der Waals surface area contributed by atoms with Crippen molar-refractivity contribution in [2.24, 2.45) is 0 Å². The molecule has 1 fully saturated rings. The summed E-state index contributed by atoms with van der Waals surface area (Å²) in [6, 6.07) is 11.5. The van der Waals surface area contributed by atoms with Crippen molar-refractivity contribution in [1.29, 1.82) is 0 Å². The van der Waals surface area contributed by atoms with Gasteiger partial charge >= 0.3 is 6.18 Å². The second-order valence-corrected chi connectivity index (χ2v) is 9.95. The van der Waals surface area contributed by atoms with Crippen LogP contribution in [0.15, 0.2) is 61.1 Å². The number of alkyl halides is 3. The third-order valence-electron chi connectivity index (χ3n) is 6.33. The minimum atomic E-state index is -4.49. The van der Waals surface area contributed by atoms with Crippen LogP contribution >= 0.6 is 11.3 Å². The maximum Gasteiger partial charge on any atom is 0.417 e. The number of carbonyl (C=O) groups is 1. The molecular weight excluding hydrogens is 501 g/mol. The first kappa shape index (κ1) is 23.6. The van der Waals surface area contributed by atoms with E-state index < -0.39 is 17.6 Å². The van der Waals surface area contributed by atoms with Crippen LogP contribution in [0.5, 0.6) is 0 Å². The van der Waals surface area contributed by atoms with Gasteiger partial charge in [0.25, 0.3) is 5.91 Å². The molecule has 1 amide bonds. The van der Waals surface area contributed by atoms with Gasteiger partial charge in [-0.1, -0.05) is 23.5 Å². The average molecular weight is 523 g/mol. The number of pyridine rings is 2. The van der Waals surface area contributed by atoms with Crippen molar-refractivity contribution in [1.82, 2.24) is 24.3 Å². The molecule has 1 aromatic carbocycles. The summed E-state index contributed by atoms with van der Waals surface area (Å²) in [6.45, 7) is 3.05. The van der Waals surface area contributed by atoms with Gasteiger partial charge < -0.3 is 9.72 Å². The average Bonchev–Trinajstić information content (AvgIpc) is 3.62. The summed E-state index contributed by atoms with van der Waals surface area (Å²) in [4.78, 5) is 29.8. The molecule has 6 rings (SSSR count). The smallest absolute Gasteiger partial charge is 0.320 e. The first-order chi connectivity index (χ1) is 17.8. The van der Waals surface area contributed by atoms with Crippen LogP contribution in [0, 0.1) is 0 Å². The highest BCUT2D eigenvalue weighted by Crippen LogP contribution is 2.34. The number of hydrogen-bond donors (Lipinski definition) is 1. The third kappa shape index (κ3) is 4.79. The summed E-state index contributed by atoms with van der Waals surface area (Å²) in [6.07, 6.45) is 2.06. The number of para-hydroxylation sites is 1. The van der Waals surface area contributed by atoms with E-state index in [1.807, 2.05) is 18.3 Å². The topological polar surface area (TPSA) is 75.4 Å². The van der Waals surface area contributed by atoms with E-state index in [-0.39, 0.29) is 11.3 Å². The summed E-state index contributed by atoms with van der Waals surface area (Å²) >= 11 is 1.43. The van der Waals surface area contributed by atoms with Crippen molar-refractivity contribution in [3.05, 3.63) is 77.9 Å². The van der Waals surface area contributed by atoms with Crippen LogP contribution in [-0.2, 0) is 12.7 Å². The minimum Gasteiger partial charge on any atom is -0.320 e. The lowest BCUT2D eigenvalue weighted by Crippen LogP contribution is -2.18. The van der Waals surface area contributed by atoms with E-state index in [1.54, 1.807) is 12.1 Å². The summed E-state index contributed by atoms with van der Waals surface area (Å²) < 4.78 is 40.3. The number of amides is 1. The highest BCUT2D eigenvalue weighted by atomic mass is 32.1. The Kier molecular flexibility index (Phi) is 5.88. The SMILES string of the molecule is O=C(Nc1ccccc1-c1nc2cc(CN3CCCC3)cnc2s1)c1cn2cc(C(F)(F)F)ccc2n1. The number of thiazole rings is 1. The molecule has 37 heavy (non-hydrogen) atoms. The number of halogens is 3. The van der Waals surface area contributed by atoms with Crippen LogP contribution < -0.4 is 5.32 Å². The number of nitrogens with zero attached hydrogens (tertiary/aromatic N) is 5. The van der Waals surface area contributed by atoms with Gasteiger partial charge in [0, 0.05) is 30.7 Å².